The Balaban J connectivity index is 0. The number of hydrogen-bond donors (Lipinski definition) is 0. The van der Waals surface area contributed by atoms with E-state index in [9.17, 15) is 81.3 Å². The van der Waals surface area contributed by atoms with Crippen molar-refractivity contribution in [1.29, 1.82) is 0 Å². The summed E-state index contributed by atoms with van der Waals surface area (Å²) in [5.74, 6) is -6.81. The van der Waals surface area contributed by atoms with Crippen LogP contribution in [0.25, 0.3) is 0 Å². The van der Waals surface area contributed by atoms with Gasteiger partial charge >= 0.3 is 177 Å². The van der Waals surface area contributed by atoms with Gasteiger partial charge in [0.15, 0.2) is 0 Å². The molecular formula is C36H28N4Na6O18S4. The summed E-state index contributed by atoms with van der Waals surface area (Å²) < 4.78 is 141. The minimum absolute atomic E-state index is 0. The molecule has 1 atom stereocenters. The van der Waals surface area contributed by atoms with Crippen LogP contribution in [0.4, 0.5) is 11.4 Å². The summed E-state index contributed by atoms with van der Waals surface area (Å²) in [5, 5.41) is 31.9. The summed E-state index contributed by atoms with van der Waals surface area (Å²) in [6.07, 6.45) is 8.63. The number of hydrogen-bond acceptors (Lipinski definition) is 20. The number of carbonyl (C=O) groups is 4. The summed E-state index contributed by atoms with van der Waals surface area (Å²) in [4.78, 5) is 45.7. The predicted octanol–water partition coefficient (Wildman–Crippen LogP) is -19.0. The maximum atomic E-state index is 13.9. The molecule has 0 aromatic heterocycles. The average molecular weight is 1070 g/mol. The van der Waals surface area contributed by atoms with E-state index in [4.69, 9.17) is 0 Å². The first kappa shape index (κ1) is 70.1. The third-order valence-electron chi connectivity index (χ3n) is 9.00. The Morgan fingerprint density at radius 3 is 1.44 bits per heavy atom. The van der Waals surface area contributed by atoms with Crippen LogP contribution in [0.5, 0.6) is 0 Å². The Kier molecular flexibility index (Phi) is 28.3. The Bertz CT molecular complexity index is 2930. The van der Waals surface area contributed by atoms with Crippen LogP contribution >= 0.6 is 0 Å². The predicted molar refractivity (Wildman–Crippen MR) is 203 cm³/mol. The van der Waals surface area contributed by atoms with E-state index in [0.717, 1.165) is 6.08 Å². The number of carbonyl (C=O) groups excluding carboxylic acids is 4. The molecule has 1 aliphatic carbocycles. The number of carboxylic acids is 2. The first-order chi connectivity index (χ1) is 28.4. The monoisotopic (exact) mass is 1070 g/mol. The fourth-order valence-electron chi connectivity index (χ4n) is 6.61. The zero-order chi connectivity index (χ0) is 46.3. The molecule has 0 radical (unpaired) electrons. The Hall–Kier alpha value is 0. The quantitative estimate of drug-likeness (QED) is 0.0734. The molecular weight excluding hydrogens is 1040 g/mol. The smallest absolute Gasteiger partial charge is 0.744 e. The SMILES string of the molecule is CC1(C)CC(C2C(=O)N(c3cc(S(=O)(=O)[O-])cc(S(=O)(=O)[O-])c3)N=C2CC(=O)[O-])=C/C(=C/C=C/C=C/C=C2\C(=O)N(c3cc(S(=O)(=O)[O-])cc(S(=O)(=O)[O-])c3)N=C2CC(=O)[O-])C1.[Na+].[Na+].[Na+].[Na+].[Na+].[Na+]. The van der Waals surface area contributed by atoms with Gasteiger partial charge in [-0.3, -0.25) is 9.59 Å². The van der Waals surface area contributed by atoms with Crippen molar-refractivity contribution >= 4 is 87.0 Å². The summed E-state index contributed by atoms with van der Waals surface area (Å²) in [6.45, 7) is 3.66. The molecule has 2 aromatic carbocycles. The van der Waals surface area contributed by atoms with Gasteiger partial charge in [-0.05, 0) is 66.3 Å². The van der Waals surface area contributed by atoms with Crippen molar-refractivity contribution in [2.75, 3.05) is 10.0 Å². The van der Waals surface area contributed by atoms with Crippen LogP contribution in [0.2, 0.25) is 0 Å². The Morgan fingerprint density at radius 1 is 0.618 bits per heavy atom. The normalized spacial score (nSPS) is 18.3. The van der Waals surface area contributed by atoms with E-state index in [0.29, 0.717) is 57.9 Å². The number of rotatable bonds is 14. The fraction of sp³-hybridized carbons (Fsp3) is 0.222. The van der Waals surface area contributed by atoms with Crippen molar-refractivity contribution in [3.05, 3.63) is 95.6 Å². The summed E-state index contributed by atoms with van der Waals surface area (Å²) in [7, 11) is -21.5. The van der Waals surface area contributed by atoms with Crippen LogP contribution in [0.3, 0.4) is 0 Å². The van der Waals surface area contributed by atoms with Crippen molar-refractivity contribution in [1.82, 2.24) is 0 Å². The second-order valence-corrected chi connectivity index (χ2v) is 19.9. The molecule has 3 aliphatic rings. The van der Waals surface area contributed by atoms with Crippen LogP contribution in [0.15, 0.2) is 125 Å². The van der Waals surface area contributed by atoms with Gasteiger partial charge in [0.05, 0.1) is 48.0 Å². The van der Waals surface area contributed by atoms with E-state index in [-0.39, 0.29) is 201 Å². The Labute approximate surface area is 523 Å². The standard InChI is InChI=1S/C36H34N4O18S4.6Na/c1-36(2)18-20(9-21(19-36)33-30(17-32(43)44)38-40(35(33)46)23-12-26(61(53,54)55)15-27(13-23)62(56,57)58)7-5-3-4-6-8-28-29(16-31(41)42)37-39(34(28)45)22-10-24(59(47,48)49)14-25(11-22)60(50,51)52;;;;;;/h3-15,33H,16-19H2,1-2H3,(H,41,42)(H,43,44)(H,47,48,49)(H,50,51,52)(H,53,54,55)(H,56,57,58);;;;;;/q;6*+1/p-6/b5-3+,6-4+,20-7-,28-8-;;;;;;. The van der Waals surface area contributed by atoms with Gasteiger partial charge in [-0.1, -0.05) is 55.9 Å². The molecule has 2 heterocycles. The number of anilines is 2. The van der Waals surface area contributed by atoms with Crippen molar-refractivity contribution < 1.29 is 259 Å². The van der Waals surface area contributed by atoms with Gasteiger partial charge in [-0.15, -0.1) is 0 Å². The molecule has 2 aromatic rings. The minimum atomic E-state index is -5.37. The van der Waals surface area contributed by atoms with Gasteiger partial charge < -0.3 is 38.0 Å². The first-order valence-electron chi connectivity index (χ1n) is 17.3. The molecule has 0 bridgehead atoms. The van der Waals surface area contributed by atoms with Gasteiger partial charge in [-0.25, -0.2) is 33.7 Å². The maximum absolute atomic E-state index is 13.9. The Morgan fingerprint density at radius 2 is 1.03 bits per heavy atom. The minimum Gasteiger partial charge on any atom is -0.744 e. The van der Waals surface area contributed by atoms with E-state index < -0.39 is 125 Å². The van der Waals surface area contributed by atoms with Crippen LogP contribution in [0.1, 0.15) is 39.5 Å². The van der Waals surface area contributed by atoms with Gasteiger partial charge in [-0.2, -0.15) is 20.2 Å². The summed E-state index contributed by atoms with van der Waals surface area (Å²) >= 11 is 0. The van der Waals surface area contributed by atoms with E-state index in [1.165, 1.54) is 24.3 Å². The van der Waals surface area contributed by atoms with Crippen LogP contribution in [-0.4, -0.2) is 87.1 Å². The van der Waals surface area contributed by atoms with E-state index >= 15 is 0 Å². The fourth-order valence-corrected chi connectivity index (χ4v) is 8.90. The van der Waals surface area contributed by atoms with Crippen LogP contribution < -0.4 is 198 Å². The summed E-state index contributed by atoms with van der Waals surface area (Å²) in [6, 6.07) is 2.94. The molecule has 68 heavy (non-hydrogen) atoms. The van der Waals surface area contributed by atoms with Crippen LogP contribution in [-0.2, 0) is 59.7 Å². The number of allylic oxidation sites excluding steroid dienone is 8. The molecule has 0 saturated carbocycles. The first-order valence-corrected chi connectivity index (χ1v) is 22.9. The van der Waals surface area contributed by atoms with Gasteiger partial charge in [0, 0.05) is 24.8 Å². The largest absolute Gasteiger partial charge is 1.00 e. The second-order valence-electron chi connectivity index (χ2n) is 14.4. The van der Waals surface area contributed by atoms with Gasteiger partial charge in [0.25, 0.3) is 11.8 Å². The van der Waals surface area contributed by atoms with Crippen molar-refractivity contribution in [2.45, 2.75) is 59.1 Å². The molecule has 2 aliphatic heterocycles. The zero-order valence-electron chi connectivity index (χ0n) is 37.7. The molecule has 5 rings (SSSR count). The number of aliphatic carboxylic acids is 2. The second kappa shape index (κ2) is 27.5. The molecule has 0 N–H and O–H groups in total. The van der Waals surface area contributed by atoms with Crippen LogP contribution in [0, 0.1) is 11.3 Å². The average Bonchev–Trinajstić information content (AvgIpc) is 3.60. The molecule has 0 saturated heterocycles. The molecule has 0 fully saturated rings. The number of amides is 2. The number of benzene rings is 2. The zero-order valence-corrected chi connectivity index (χ0v) is 52.9. The van der Waals surface area contributed by atoms with Crippen molar-refractivity contribution in [3.8, 4) is 0 Å². The van der Waals surface area contributed by atoms with E-state index in [1.807, 2.05) is 13.8 Å². The van der Waals surface area contributed by atoms with Crippen molar-refractivity contribution in [3.63, 3.8) is 0 Å². The van der Waals surface area contributed by atoms with Crippen molar-refractivity contribution in [2.24, 2.45) is 21.5 Å². The van der Waals surface area contributed by atoms with Gasteiger partial charge in [0.2, 0.25) is 0 Å². The van der Waals surface area contributed by atoms with E-state index in [1.54, 1.807) is 12.2 Å². The summed E-state index contributed by atoms with van der Waals surface area (Å²) in [5.41, 5.74) is -2.01. The third kappa shape index (κ3) is 18.4. The molecule has 32 heteroatoms. The number of hydrazone groups is 2. The van der Waals surface area contributed by atoms with E-state index in [2.05, 4.69) is 10.2 Å². The molecule has 0 spiro atoms. The maximum Gasteiger partial charge on any atom is 1.00 e. The number of nitrogens with zero attached hydrogens (tertiary/aromatic N) is 4. The molecule has 22 nitrogen and oxygen atoms in total. The molecule has 2 amide bonds. The molecule has 1 unspecified atom stereocenters. The van der Waals surface area contributed by atoms with Gasteiger partial charge in [0.1, 0.15) is 46.4 Å². The number of carboxylic acid groups (broad SMARTS) is 2. The third-order valence-corrected chi connectivity index (χ3v) is 12.2. The molecule has 330 valence electrons. The topological polar surface area (TPSA) is 374 Å².